The van der Waals surface area contributed by atoms with Crippen LogP contribution in [0.2, 0.25) is 0 Å². The molecule has 1 aromatic carbocycles. The molecule has 2 fully saturated rings. The Morgan fingerprint density at radius 2 is 1.30 bits per heavy atom. The molecule has 0 aromatic heterocycles. The number of piperazine rings is 1. The van der Waals surface area contributed by atoms with Gasteiger partial charge in [-0.3, -0.25) is 14.4 Å². The SMILES string of the molecule is O=C(CSCC(=O)N1CCN(C(=O)c2ccccc2)CC1)N1CCOCC1. The van der Waals surface area contributed by atoms with Gasteiger partial charge in [-0.2, -0.15) is 0 Å². The Hall–Kier alpha value is -2.06. The Balaban J connectivity index is 1.37. The molecule has 8 heteroatoms. The fourth-order valence-electron chi connectivity index (χ4n) is 3.14. The van der Waals surface area contributed by atoms with E-state index >= 15 is 0 Å². The van der Waals surface area contributed by atoms with Crippen LogP contribution in [0, 0.1) is 0 Å². The van der Waals surface area contributed by atoms with Gasteiger partial charge in [0.15, 0.2) is 0 Å². The second-order valence-electron chi connectivity index (χ2n) is 6.52. The normalized spacial score (nSPS) is 17.7. The van der Waals surface area contributed by atoms with Gasteiger partial charge >= 0.3 is 0 Å². The summed E-state index contributed by atoms with van der Waals surface area (Å²) in [6, 6.07) is 9.20. The van der Waals surface area contributed by atoms with Crippen LogP contribution in [0.5, 0.6) is 0 Å². The summed E-state index contributed by atoms with van der Waals surface area (Å²) >= 11 is 1.36. The molecule has 0 spiro atoms. The summed E-state index contributed by atoms with van der Waals surface area (Å²) in [6.07, 6.45) is 0. The molecule has 0 bridgehead atoms. The van der Waals surface area contributed by atoms with E-state index in [1.165, 1.54) is 11.8 Å². The van der Waals surface area contributed by atoms with Gasteiger partial charge in [0, 0.05) is 44.8 Å². The Labute approximate surface area is 163 Å². The summed E-state index contributed by atoms with van der Waals surface area (Å²) in [5.41, 5.74) is 0.675. The van der Waals surface area contributed by atoms with Gasteiger partial charge in [-0.05, 0) is 12.1 Å². The molecule has 0 N–H and O–H groups in total. The highest BCUT2D eigenvalue weighted by Gasteiger charge is 2.25. The lowest BCUT2D eigenvalue weighted by atomic mass is 10.2. The van der Waals surface area contributed by atoms with Crippen LogP contribution in [0.15, 0.2) is 30.3 Å². The van der Waals surface area contributed by atoms with Crippen molar-refractivity contribution in [1.82, 2.24) is 14.7 Å². The van der Waals surface area contributed by atoms with Gasteiger partial charge < -0.3 is 19.4 Å². The van der Waals surface area contributed by atoms with E-state index in [1.807, 2.05) is 30.3 Å². The van der Waals surface area contributed by atoms with Crippen LogP contribution in [0.4, 0.5) is 0 Å². The summed E-state index contributed by atoms with van der Waals surface area (Å²) in [6.45, 7) is 4.58. The molecule has 0 radical (unpaired) electrons. The summed E-state index contributed by atoms with van der Waals surface area (Å²) in [5.74, 6) is 0.713. The minimum Gasteiger partial charge on any atom is -0.378 e. The highest BCUT2D eigenvalue weighted by molar-refractivity contribution is 8.00. The summed E-state index contributed by atoms with van der Waals surface area (Å²) < 4.78 is 5.24. The zero-order valence-electron chi connectivity index (χ0n) is 15.3. The fraction of sp³-hybridized carbons (Fsp3) is 0.526. The fourth-order valence-corrected chi connectivity index (χ4v) is 3.96. The van der Waals surface area contributed by atoms with Gasteiger partial charge in [-0.1, -0.05) is 18.2 Å². The first kappa shape index (κ1) is 19.7. The molecule has 0 aliphatic carbocycles. The Morgan fingerprint density at radius 3 is 1.89 bits per heavy atom. The summed E-state index contributed by atoms with van der Waals surface area (Å²) in [5, 5.41) is 0. The third-order valence-corrected chi connectivity index (χ3v) is 5.66. The number of rotatable bonds is 5. The van der Waals surface area contributed by atoms with E-state index in [1.54, 1.807) is 14.7 Å². The maximum atomic E-state index is 12.4. The van der Waals surface area contributed by atoms with Crippen molar-refractivity contribution >= 4 is 29.5 Å². The zero-order chi connectivity index (χ0) is 19.1. The molecule has 7 nitrogen and oxygen atoms in total. The number of amides is 3. The predicted octanol–water partition coefficient (Wildman–Crippen LogP) is 0.563. The number of carbonyl (C=O) groups excluding carboxylic acids is 3. The molecule has 0 saturated carbocycles. The lowest BCUT2D eigenvalue weighted by Gasteiger charge is -2.34. The molecule has 2 aliphatic rings. The molecule has 1 aromatic rings. The van der Waals surface area contributed by atoms with Crippen LogP contribution < -0.4 is 0 Å². The van der Waals surface area contributed by atoms with E-state index in [0.29, 0.717) is 69.6 Å². The van der Waals surface area contributed by atoms with Crippen molar-refractivity contribution in [3.8, 4) is 0 Å². The first-order valence-electron chi connectivity index (χ1n) is 9.20. The highest BCUT2D eigenvalue weighted by atomic mass is 32.2. The Morgan fingerprint density at radius 1 is 0.778 bits per heavy atom. The number of ether oxygens (including phenoxy) is 1. The maximum Gasteiger partial charge on any atom is 0.253 e. The summed E-state index contributed by atoms with van der Waals surface area (Å²) in [4.78, 5) is 42.2. The second kappa shape index (κ2) is 9.75. The van der Waals surface area contributed by atoms with E-state index < -0.39 is 0 Å². The largest absolute Gasteiger partial charge is 0.378 e. The van der Waals surface area contributed by atoms with Crippen LogP contribution in [0.3, 0.4) is 0 Å². The predicted molar refractivity (Wildman–Crippen MR) is 104 cm³/mol. The molecular formula is C19H25N3O4S. The van der Waals surface area contributed by atoms with Gasteiger partial charge in [-0.15, -0.1) is 11.8 Å². The molecule has 2 aliphatic heterocycles. The molecule has 27 heavy (non-hydrogen) atoms. The highest BCUT2D eigenvalue weighted by Crippen LogP contribution is 2.11. The number of morpholine rings is 1. The van der Waals surface area contributed by atoms with Crippen LogP contribution >= 0.6 is 11.8 Å². The van der Waals surface area contributed by atoms with E-state index in [4.69, 9.17) is 4.74 Å². The van der Waals surface area contributed by atoms with Gasteiger partial charge in [-0.25, -0.2) is 0 Å². The van der Waals surface area contributed by atoms with Crippen LogP contribution in [0.25, 0.3) is 0 Å². The second-order valence-corrected chi connectivity index (χ2v) is 7.51. The molecule has 2 saturated heterocycles. The number of hydrogen-bond donors (Lipinski definition) is 0. The molecule has 0 unspecified atom stereocenters. The van der Waals surface area contributed by atoms with Crippen molar-refractivity contribution in [1.29, 1.82) is 0 Å². The van der Waals surface area contributed by atoms with Crippen molar-refractivity contribution in [3.63, 3.8) is 0 Å². The average molecular weight is 391 g/mol. The van der Waals surface area contributed by atoms with E-state index in [9.17, 15) is 14.4 Å². The van der Waals surface area contributed by atoms with Gasteiger partial charge in [0.1, 0.15) is 0 Å². The molecule has 3 amide bonds. The standard InChI is InChI=1S/C19H25N3O4S/c23-17(14-27-15-18(24)21-10-12-26-13-11-21)20-6-8-22(9-7-20)19(25)16-4-2-1-3-5-16/h1-5H,6-15H2. The maximum absolute atomic E-state index is 12.4. The van der Waals surface area contributed by atoms with Crippen molar-refractivity contribution in [2.75, 3.05) is 64.0 Å². The molecular weight excluding hydrogens is 366 g/mol. The molecule has 146 valence electrons. The molecule has 2 heterocycles. The van der Waals surface area contributed by atoms with Crippen molar-refractivity contribution < 1.29 is 19.1 Å². The quantitative estimate of drug-likeness (QED) is 0.734. The van der Waals surface area contributed by atoms with E-state index in [0.717, 1.165) is 0 Å². The number of benzene rings is 1. The monoisotopic (exact) mass is 391 g/mol. The average Bonchev–Trinajstić information content (AvgIpc) is 2.74. The summed E-state index contributed by atoms with van der Waals surface area (Å²) in [7, 11) is 0. The number of nitrogens with zero attached hydrogens (tertiary/aromatic N) is 3. The molecule has 0 atom stereocenters. The molecule has 3 rings (SSSR count). The third kappa shape index (κ3) is 5.46. The van der Waals surface area contributed by atoms with Crippen LogP contribution in [-0.4, -0.2) is 96.4 Å². The first-order chi connectivity index (χ1) is 13.1. The van der Waals surface area contributed by atoms with Gasteiger partial charge in [0.25, 0.3) is 5.91 Å². The van der Waals surface area contributed by atoms with Crippen LogP contribution in [0.1, 0.15) is 10.4 Å². The topological polar surface area (TPSA) is 70.2 Å². The van der Waals surface area contributed by atoms with Crippen molar-refractivity contribution in [3.05, 3.63) is 35.9 Å². The Kier molecular flexibility index (Phi) is 7.11. The first-order valence-corrected chi connectivity index (χ1v) is 10.4. The van der Waals surface area contributed by atoms with E-state index in [2.05, 4.69) is 0 Å². The van der Waals surface area contributed by atoms with E-state index in [-0.39, 0.29) is 17.7 Å². The zero-order valence-corrected chi connectivity index (χ0v) is 16.2. The van der Waals surface area contributed by atoms with Crippen molar-refractivity contribution in [2.45, 2.75) is 0 Å². The van der Waals surface area contributed by atoms with Crippen LogP contribution in [-0.2, 0) is 14.3 Å². The Bertz CT molecular complexity index is 656. The van der Waals surface area contributed by atoms with Crippen molar-refractivity contribution in [2.24, 2.45) is 0 Å². The minimum atomic E-state index is 0.00758. The number of carbonyl (C=O) groups is 3. The number of thioether (sulfide) groups is 1. The lowest BCUT2D eigenvalue weighted by molar-refractivity contribution is -0.132. The van der Waals surface area contributed by atoms with Gasteiger partial charge in [0.05, 0.1) is 24.7 Å². The third-order valence-electron chi connectivity index (χ3n) is 4.76. The number of hydrogen-bond acceptors (Lipinski definition) is 5. The smallest absolute Gasteiger partial charge is 0.253 e. The minimum absolute atomic E-state index is 0.00758. The van der Waals surface area contributed by atoms with Gasteiger partial charge in [0.2, 0.25) is 11.8 Å². The lowest BCUT2D eigenvalue weighted by Crippen LogP contribution is -2.51.